The van der Waals surface area contributed by atoms with Gasteiger partial charge in [0.2, 0.25) is 0 Å². The van der Waals surface area contributed by atoms with E-state index in [0.29, 0.717) is 0 Å². The number of carbonyl (C=O) groups excluding carboxylic acids is 1. The molecule has 0 heterocycles. The van der Waals surface area contributed by atoms with Crippen molar-refractivity contribution in [3.8, 4) is 0 Å². The summed E-state index contributed by atoms with van der Waals surface area (Å²) in [7, 11) is -2.47. The van der Waals surface area contributed by atoms with Crippen LogP contribution in [-0.2, 0) is 14.2 Å². The zero-order chi connectivity index (χ0) is 21.4. The maximum absolute atomic E-state index is 11.1. The molecule has 0 aliphatic carbocycles. The minimum atomic E-state index is -2.47. The van der Waals surface area contributed by atoms with Gasteiger partial charge >= 0.3 is 8.03 Å². The van der Waals surface area contributed by atoms with Crippen molar-refractivity contribution in [3.05, 3.63) is 46.6 Å². The first kappa shape index (κ1) is 26.4. The zero-order valence-corrected chi connectivity index (χ0v) is 19.0. The lowest BCUT2D eigenvalue weighted by Crippen LogP contribution is -2.25. The maximum Gasteiger partial charge on any atom is 0.515 e. The molecule has 5 nitrogen and oxygen atoms in total. The average Bonchev–Trinajstić information content (AvgIpc) is 2.57. The quantitative estimate of drug-likeness (QED) is 0.161. The van der Waals surface area contributed by atoms with Gasteiger partial charge in [-0.3, -0.25) is 9.63 Å². The van der Waals surface area contributed by atoms with Gasteiger partial charge in [-0.2, -0.15) is 4.89 Å². The fraction of sp³-hybridized carbons (Fsp3) is 0.591. The van der Waals surface area contributed by atoms with E-state index in [4.69, 9.17) is 9.73 Å². The highest BCUT2D eigenvalue weighted by Crippen LogP contribution is 2.13. The second-order valence-electron chi connectivity index (χ2n) is 7.40. The summed E-state index contributed by atoms with van der Waals surface area (Å²) >= 11 is 0. The maximum atomic E-state index is 11.1. The molecule has 0 saturated carbocycles. The van der Waals surface area contributed by atoms with Gasteiger partial charge in [0.05, 0.1) is 6.61 Å². The standard InChI is InChI=1S/C22H36NO4P/c1-18(2)9-6-10-19(3)11-7-12-20(4)13-8-14-21(5)15-16-27-23-22(24)17-28(25)26/h9,11,13,15H,6-8,10,12,14,16-17H2,1-5H3,(H-,23,24,25,26)/p+1. The van der Waals surface area contributed by atoms with Gasteiger partial charge in [0.25, 0.3) is 12.1 Å². The largest absolute Gasteiger partial charge is 0.515 e. The number of hydroxylamine groups is 1. The van der Waals surface area contributed by atoms with Crippen molar-refractivity contribution in [2.45, 2.75) is 73.1 Å². The van der Waals surface area contributed by atoms with Crippen molar-refractivity contribution in [1.29, 1.82) is 0 Å². The van der Waals surface area contributed by atoms with Crippen LogP contribution in [0.1, 0.15) is 73.1 Å². The van der Waals surface area contributed by atoms with Crippen molar-refractivity contribution >= 4 is 13.9 Å². The minimum absolute atomic E-state index is 0.249. The fourth-order valence-electron chi connectivity index (χ4n) is 2.45. The fourth-order valence-corrected chi connectivity index (χ4v) is 2.76. The summed E-state index contributed by atoms with van der Waals surface area (Å²) in [5.41, 5.74) is 7.58. The normalized spacial score (nSPS) is 13.4. The Balaban J connectivity index is 3.98. The number of rotatable bonds is 14. The Bertz CT molecular complexity index is 614. The SMILES string of the molecule is CC(C)=CCCC(C)=CCCC(C)=CCCC(C)=CCONC(=O)C[P+](=O)O. The van der Waals surface area contributed by atoms with Crippen molar-refractivity contribution in [2.24, 2.45) is 0 Å². The van der Waals surface area contributed by atoms with Crippen molar-refractivity contribution in [3.63, 3.8) is 0 Å². The lowest BCUT2D eigenvalue weighted by molar-refractivity contribution is -0.129. The van der Waals surface area contributed by atoms with Gasteiger partial charge in [-0.05, 0) is 77.7 Å². The Labute approximate surface area is 171 Å². The summed E-state index contributed by atoms with van der Waals surface area (Å²) < 4.78 is 10.5. The Morgan fingerprint density at radius 3 is 1.79 bits per heavy atom. The molecule has 0 bridgehead atoms. The number of allylic oxidation sites excluding steroid dienone is 7. The molecule has 2 N–H and O–H groups in total. The second kappa shape index (κ2) is 16.4. The highest BCUT2D eigenvalue weighted by atomic mass is 31.1. The van der Waals surface area contributed by atoms with Crippen LogP contribution in [0, 0.1) is 0 Å². The Morgan fingerprint density at radius 1 is 0.857 bits per heavy atom. The molecule has 0 aromatic heterocycles. The van der Waals surface area contributed by atoms with E-state index in [1.165, 1.54) is 22.3 Å². The van der Waals surface area contributed by atoms with E-state index < -0.39 is 20.1 Å². The van der Waals surface area contributed by atoms with E-state index in [0.717, 1.165) is 38.5 Å². The molecule has 0 aliphatic heterocycles. The third-order valence-electron chi connectivity index (χ3n) is 4.13. The third kappa shape index (κ3) is 17.8. The summed E-state index contributed by atoms with van der Waals surface area (Å²) in [5.74, 6) is -0.588. The lowest BCUT2D eigenvalue weighted by atomic mass is 10.0. The van der Waals surface area contributed by atoms with Gasteiger partial charge in [0, 0.05) is 0 Å². The van der Waals surface area contributed by atoms with E-state index in [2.05, 4.69) is 51.4 Å². The van der Waals surface area contributed by atoms with Crippen molar-refractivity contribution in [2.75, 3.05) is 12.8 Å². The first-order valence-electron chi connectivity index (χ1n) is 9.85. The molecular formula is C22H37NO4P+. The number of nitrogens with one attached hydrogen (secondary N) is 1. The first-order chi connectivity index (χ1) is 13.2. The molecule has 1 atom stereocenters. The molecule has 0 fully saturated rings. The zero-order valence-electron chi connectivity index (χ0n) is 18.1. The highest BCUT2D eigenvalue weighted by Gasteiger charge is 2.17. The van der Waals surface area contributed by atoms with Gasteiger partial charge in [0.1, 0.15) is 0 Å². The molecule has 6 heteroatoms. The molecule has 0 rings (SSSR count). The van der Waals surface area contributed by atoms with Gasteiger partial charge < -0.3 is 0 Å². The van der Waals surface area contributed by atoms with Crippen LogP contribution in [0.3, 0.4) is 0 Å². The molecule has 0 spiro atoms. The molecule has 0 aromatic carbocycles. The van der Waals surface area contributed by atoms with E-state index in [1.54, 1.807) is 0 Å². The molecule has 0 saturated heterocycles. The topological polar surface area (TPSA) is 75.6 Å². The summed E-state index contributed by atoms with van der Waals surface area (Å²) in [6, 6.07) is 0. The molecule has 1 amide bonds. The van der Waals surface area contributed by atoms with Crippen LogP contribution >= 0.6 is 8.03 Å². The molecule has 1 unspecified atom stereocenters. The van der Waals surface area contributed by atoms with Crippen LogP contribution in [0.25, 0.3) is 0 Å². The number of hydrogen-bond acceptors (Lipinski definition) is 3. The van der Waals surface area contributed by atoms with Crippen molar-refractivity contribution in [1.82, 2.24) is 5.48 Å². The Morgan fingerprint density at radius 2 is 1.32 bits per heavy atom. The summed E-state index contributed by atoms with van der Waals surface area (Å²) in [6.07, 6.45) is 14.7. The lowest BCUT2D eigenvalue weighted by Gasteiger charge is -2.03. The number of amides is 1. The molecule has 0 radical (unpaired) electrons. The Kier molecular flexibility index (Phi) is 15.5. The summed E-state index contributed by atoms with van der Waals surface area (Å²) in [4.78, 5) is 24.7. The summed E-state index contributed by atoms with van der Waals surface area (Å²) in [5, 5.41) is 0. The van der Waals surface area contributed by atoms with Crippen LogP contribution in [0.2, 0.25) is 0 Å². The van der Waals surface area contributed by atoms with Crippen LogP contribution in [0.15, 0.2) is 46.6 Å². The second-order valence-corrected chi connectivity index (χ2v) is 8.42. The predicted octanol–water partition coefficient (Wildman–Crippen LogP) is 5.91. The van der Waals surface area contributed by atoms with Gasteiger partial charge in [0.15, 0.2) is 0 Å². The van der Waals surface area contributed by atoms with Crippen LogP contribution in [-0.4, -0.2) is 23.6 Å². The number of hydrogen-bond donors (Lipinski definition) is 2. The summed E-state index contributed by atoms with van der Waals surface area (Å²) in [6.45, 7) is 10.9. The van der Waals surface area contributed by atoms with Crippen LogP contribution in [0.4, 0.5) is 0 Å². The number of carbonyl (C=O) groups is 1. The molecule has 28 heavy (non-hydrogen) atoms. The third-order valence-corrected chi connectivity index (χ3v) is 4.69. The molecule has 0 aliphatic rings. The Hall–Kier alpha value is -1.55. The molecular weight excluding hydrogens is 373 g/mol. The average molecular weight is 411 g/mol. The smallest absolute Gasteiger partial charge is 0.269 e. The highest BCUT2D eigenvalue weighted by molar-refractivity contribution is 7.39. The predicted molar refractivity (Wildman–Crippen MR) is 117 cm³/mol. The van der Waals surface area contributed by atoms with Gasteiger partial charge in [-0.15, -0.1) is 0 Å². The molecule has 158 valence electrons. The van der Waals surface area contributed by atoms with Crippen LogP contribution < -0.4 is 5.48 Å². The van der Waals surface area contributed by atoms with E-state index in [9.17, 15) is 9.36 Å². The van der Waals surface area contributed by atoms with E-state index >= 15 is 0 Å². The van der Waals surface area contributed by atoms with Crippen molar-refractivity contribution < 1.29 is 19.1 Å². The minimum Gasteiger partial charge on any atom is -0.269 e. The monoisotopic (exact) mass is 410 g/mol. The molecule has 0 aromatic rings. The van der Waals surface area contributed by atoms with Gasteiger partial charge in [-0.25, -0.2) is 5.48 Å². The van der Waals surface area contributed by atoms with Crippen LogP contribution in [0.5, 0.6) is 0 Å². The van der Waals surface area contributed by atoms with E-state index in [1.807, 2.05) is 13.0 Å². The first-order valence-corrected chi connectivity index (χ1v) is 11.2. The van der Waals surface area contributed by atoms with E-state index in [-0.39, 0.29) is 6.61 Å². The van der Waals surface area contributed by atoms with Gasteiger partial charge in [-0.1, -0.05) is 46.6 Å².